The van der Waals surface area contributed by atoms with Crippen molar-refractivity contribution in [3.63, 3.8) is 0 Å². The molecule has 21 heavy (non-hydrogen) atoms. The minimum absolute atomic E-state index is 0.0832. The number of amides is 2. The van der Waals surface area contributed by atoms with Crippen molar-refractivity contribution >= 4 is 11.8 Å². The molecule has 114 valence electrons. The molecule has 5 heteroatoms. The van der Waals surface area contributed by atoms with Crippen LogP contribution in [0.25, 0.3) is 0 Å². The molecule has 0 unspecified atom stereocenters. The summed E-state index contributed by atoms with van der Waals surface area (Å²) in [7, 11) is 0. The molecule has 0 atom stereocenters. The number of hydrogen-bond acceptors (Lipinski definition) is 3. The zero-order valence-corrected chi connectivity index (χ0v) is 12.2. The maximum Gasteiger partial charge on any atom is 0.224 e. The number of rotatable bonds is 7. The van der Waals surface area contributed by atoms with Crippen LogP contribution in [0.2, 0.25) is 0 Å². The van der Waals surface area contributed by atoms with Crippen LogP contribution in [-0.4, -0.2) is 43.0 Å². The minimum Gasteiger partial charge on any atom is -0.493 e. The number of hydrogen-bond donors (Lipinski definition) is 1. The summed E-state index contributed by atoms with van der Waals surface area (Å²) in [5.41, 5.74) is 0. The number of carbonyl (C=O) groups is 2. The lowest BCUT2D eigenvalue weighted by Crippen LogP contribution is -2.33. The molecule has 1 aromatic carbocycles. The Morgan fingerprint density at radius 1 is 1.10 bits per heavy atom. The number of ether oxygens (including phenoxy) is 1. The largest absolute Gasteiger partial charge is 0.493 e. The van der Waals surface area contributed by atoms with Gasteiger partial charge >= 0.3 is 0 Å². The second kappa shape index (κ2) is 8.29. The van der Waals surface area contributed by atoms with Gasteiger partial charge in [0, 0.05) is 26.1 Å². The molecule has 1 aliphatic rings. The molecule has 2 rings (SSSR count). The molecule has 0 bridgehead atoms. The normalized spacial score (nSPS) is 14.0. The molecule has 1 fully saturated rings. The molecule has 1 N–H and O–H groups in total. The number of carbonyl (C=O) groups excluding carboxylic acids is 2. The Kier molecular flexibility index (Phi) is 6.06. The van der Waals surface area contributed by atoms with Crippen LogP contribution in [0, 0.1) is 0 Å². The lowest BCUT2D eigenvalue weighted by molar-refractivity contribution is -0.130. The van der Waals surface area contributed by atoms with Crippen LogP contribution in [0.1, 0.15) is 25.7 Å². The van der Waals surface area contributed by atoms with E-state index in [9.17, 15) is 9.59 Å². The molecule has 0 aromatic heterocycles. The highest BCUT2D eigenvalue weighted by atomic mass is 16.5. The standard InChI is InChI=1S/C16H22N2O3/c19-15(9-13-21-14-6-2-1-3-7-14)17-10-8-16(20)18-11-4-5-12-18/h1-3,6-7H,4-5,8-13H2,(H,17,19). The number of nitrogens with one attached hydrogen (secondary N) is 1. The zero-order valence-electron chi connectivity index (χ0n) is 12.2. The summed E-state index contributed by atoms with van der Waals surface area (Å²) in [5, 5.41) is 2.76. The topological polar surface area (TPSA) is 58.6 Å². The number of benzene rings is 1. The first kappa shape index (κ1) is 15.4. The zero-order chi connectivity index (χ0) is 14.9. The molecule has 1 heterocycles. The van der Waals surface area contributed by atoms with E-state index in [4.69, 9.17) is 4.74 Å². The Morgan fingerprint density at radius 3 is 2.52 bits per heavy atom. The highest BCUT2D eigenvalue weighted by Crippen LogP contribution is 2.09. The molecule has 1 aliphatic heterocycles. The van der Waals surface area contributed by atoms with Gasteiger partial charge in [0.1, 0.15) is 5.75 Å². The van der Waals surface area contributed by atoms with Gasteiger partial charge in [-0.25, -0.2) is 0 Å². The van der Waals surface area contributed by atoms with E-state index in [1.54, 1.807) is 0 Å². The summed E-state index contributed by atoms with van der Waals surface area (Å²) in [5.74, 6) is 0.808. The fraction of sp³-hybridized carbons (Fsp3) is 0.500. The Hall–Kier alpha value is -2.04. The van der Waals surface area contributed by atoms with E-state index >= 15 is 0 Å². The SMILES string of the molecule is O=C(CCOc1ccccc1)NCCC(=O)N1CCCC1. The summed E-state index contributed by atoms with van der Waals surface area (Å²) in [6, 6.07) is 9.40. The van der Waals surface area contributed by atoms with Gasteiger partial charge in [0.2, 0.25) is 11.8 Å². The van der Waals surface area contributed by atoms with Crippen molar-refractivity contribution < 1.29 is 14.3 Å². The van der Waals surface area contributed by atoms with Crippen molar-refractivity contribution in [3.05, 3.63) is 30.3 Å². The molecule has 0 radical (unpaired) electrons. The van der Waals surface area contributed by atoms with Gasteiger partial charge in [-0.1, -0.05) is 18.2 Å². The average molecular weight is 290 g/mol. The second-order valence-corrected chi connectivity index (χ2v) is 5.10. The first-order valence-electron chi connectivity index (χ1n) is 7.48. The lowest BCUT2D eigenvalue weighted by Gasteiger charge is -2.15. The Balaban J connectivity index is 1.54. The van der Waals surface area contributed by atoms with Crippen LogP contribution in [0.4, 0.5) is 0 Å². The fourth-order valence-corrected chi connectivity index (χ4v) is 2.30. The van der Waals surface area contributed by atoms with Crippen molar-refractivity contribution in [1.29, 1.82) is 0 Å². The van der Waals surface area contributed by atoms with Crippen molar-refractivity contribution in [1.82, 2.24) is 10.2 Å². The third-order valence-corrected chi connectivity index (χ3v) is 3.46. The molecule has 2 amide bonds. The van der Waals surface area contributed by atoms with E-state index < -0.39 is 0 Å². The Bertz CT molecular complexity index is 456. The Labute approximate surface area is 125 Å². The van der Waals surface area contributed by atoms with E-state index in [2.05, 4.69) is 5.32 Å². The summed E-state index contributed by atoms with van der Waals surface area (Å²) < 4.78 is 5.45. The van der Waals surface area contributed by atoms with Gasteiger partial charge in [-0.05, 0) is 25.0 Å². The average Bonchev–Trinajstić information content (AvgIpc) is 3.02. The molecular weight excluding hydrogens is 268 g/mol. The number of para-hydroxylation sites is 1. The van der Waals surface area contributed by atoms with Crippen LogP contribution in [0.5, 0.6) is 5.75 Å². The van der Waals surface area contributed by atoms with Crippen LogP contribution in [-0.2, 0) is 9.59 Å². The van der Waals surface area contributed by atoms with Gasteiger partial charge in [0.25, 0.3) is 0 Å². The fourth-order valence-electron chi connectivity index (χ4n) is 2.30. The molecule has 1 saturated heterocycles. The lowest BCUT2D eigenvalue weighted by atomic mass is 10.3. The van der Waals surface area contributed by atoms with Crippen molar-refractivity contribution in [3.8, 4) is 5.75 Å². The predicted molar refractivity (Wildman–Crippen MR) is 80.0 cm³/mol. The summed E-state index contributed by atoms with van der Waals surface area (Å²) in [6.07, 6.45) is 2.86. The summed E-state index contributed by atoms with van der Waals surface area (Å²) in [6.45, 7) is 2.46. The number of nitrogens with zero attached hydrogens (tertiary/aromatic N) is 1. The van der Waals surface area contributed by atoms with Gasteiger partial charge in [0.05, 0.1) is 13.0 Å². The minimum atomic E-state index is -0.0832. The van der Waals surface area contributed by atoms with E-state index in [0.717, 1.165) is 31.7 Å². The Morgan fingerprint density at radius 2 is 1.81 bits per heavy atom. The van der Waals surface area contributed by atoms with Crippen molar-refractivity contribution in [2.45, 2.75) is 25.7 Å². The monoisotopic (exact) mass is 290 g/mol. The van der Waals surface area contributed by atoms with E-state index in [1.807, 2.05) is 35.2 Å². The van der Waals surface area contributed by atoms with E-state index in [-0.39, 0.29) is 11.8 Å². The van der Waals surface area contributed by atoms with E-state index in [0.29, 0.717) is 26.0 Å². The quantitative estimate of drug-likeness (QED) is 0.829. The summed E-state index contributed by atoms with van der Waals surface area (Å²) >= 11 is 0. The van der Waals surface area contributed by atoms with Gasteiger partial charge in [-0.3, -0.25) is 9.59 Å². The van der Waals surface area contributed by atoms with Crippen LogP contribution in [0.15, 0.2) is 30.3 Å². The molecule has 5 nitrogen and oxygen atoms in total. The van der Waals surface area contributed by atoms with E-state index in [1.165, 1.54) is 0 Å². The smallest absolute Gasteiger partial charge is 0.224 e. The van der Waals surface area contributed by atoms with Gasteiger partial charge in [-0.2, -0.15) is 0 Å². The maximum absolute atomic E-state index is 11.8. The predicted octanol–water partition coefficient (Wildman–Crippen LogP) is 1.58. The third kappa shape index (κ3) is 5.45. The highest BCUT2D eigenvalue weighted by Gasteiger charge is 2.17. The molecule has 0 aliphatic carbocycles. The van der Waals surface area contributed by atoms with Crippen LogP contribution in [0.3, 0.4) is 0 Å². The first-order valence-corrected chi connectivity index (χ1v) is 7.48. The molecule has 0 saturated carbocycles. The van der Waals surface area contributed by atoms with Crippen molar-refractivity contribution in [2.24, 2.45) is 0 Å². The van der Waals surface area contributed by atoms with Crippen LogP contribution < -0.4 is 10.1 Å². The van der Waals surface area contributed by atoms with Crippen molar-refractivity contribution in [2.75, 3.05) is 26.2 Å². The van der Waals surface area contributed by atoms with Gasteiger partial charge in [-0.15, -0.1) is 0 Å². The van der Waals surface area contributed by atoms with Crippen LogP contribution >= 0.6 is 0 Å². The third-order valence-electron chi connectivity index (χ3n) is 3.46. The molecule has 0 spiro atoms. The van der Waals surface area contributed by atoms with Gasteiger partial charge < -0.3 is 15.0 Å². The number of likely N-dealkylation sites (tertiary alicyclic amines) is 1. The summed E-state index contributed by atoms with van der Waals surface area (Å²) in [4.78, 5) is 25.3. The first-order chi connectivity index (χ1) is 10.3. The highest BCUT2D eigenvalue weighted by molar-refractivity contribution is 5.79. The van der Waals surface area contributed by atoms with Gasteiger partial charge in [0.15, 0.2) is 0 Å². The molecule has 1 aromatic rings. The molecular formula is C16H22N2O3. The maximum atomic E-state index is 11.8. The second-order valence-electron chi connectivity index (χ2n) is 5.10.